The van der Waals surface area contributed by atoms with E-state index in [1.165, 1.54) is 20.9 Å². The molecule has 1 aromatic carbocycles. The summed E-state index contributed by atoms with van der Waals surface area (Å²) < 4.78 is 0.970. The van der Waals surface area contributed by atoms with E-state index in [4.69, 9.17) is 0 Å². The van der Waals surface area contributed by atoms with Crippen LogP contribution in [0.15, 0.2) is 39.8 Å². The summed E-state index contributed by atoms with van der Waals surface area (Å²) >= 11 is 8.52. The Labute approximate surface area is 116 Å². The van der Waals surface area contributed by atoms with Crippen LogP contribution in [0.5, 0.6) is 0 Å². The second-order valence-electron chi connectivity index (χ2n) is 3.50. The van der Waals surface area contributed by atoms with Crippen LogP contribution in [0, 0.1) is 6.92 Å². The van der Waals surface area contributed by atoms with Crippen LogP contribution in [0.1, 0.15) is 10.4 Å². The zero-order chi connectivity index (χ0) is 11.5. The molecule has 0 radical (unpaired) electrons. The molecule has 0 N–H and O–H groups in total. The van der Waals surface area contributed by atoms with E-state index in [-0.39, 0.29) is 0 Å². The summed E-state index contributed by atoms with van der Waals surface area (Å²) in [6.45, 7) is 2.11. The highest BCUT2D eigenvalue weighted by Gasteiger charge is 2.01. The number of rotatable bonds is 2. The van der Waals surface area contributed by atoms with Crippen molar-refractivity contribution in [3.8, 4) is 10.4 Å². The van der Waals surface area contributed by atoms with E-state index in [2.05, 4.69) is 81.3 Å². The van der Waals surface area contributed by atoms with Crippen LogP contribution in [-0.4, -0.2) is 0 Å². The summed E-state index contributed by atoms with van der Waals surface area (Å²) in [6.07, 6.45) is 2.06. The molecule has 3 heteroatoms. The Hall–Kier alpha value is -0.380. The first-order valence-electron chi connectivity index (χ1n) is 4.85. The third-order valence-corrected chi connectivity index (χ3v) is 3.75. The molecule has 2 aromatic rings. The van der Waals surface area contributed by atoms with Gasteiger partial charge in [-0.25, -0.2) is 0 Å². The molecule has 0 spiro atoms. The van der Waals surface area contributed by atoms with Crippen LogP contribution in [0.2, 0.25) is 0 Å². The van der Waals surface area contributed by atoms with Crippen molar-refractivity contribution in [2.75, 3.05) is 0 Å². The second-order valence-corrected chi connectivity index (χ2v) is 7.39. The Morgan fingerprint density at radius 3 is 2.38 bits per heavy atom. The van der Waals surface area contributed by atoms with Crippen molar-refractivity contribution in [1.82, 2.24) is 0 Å². The van der Waals surface area contributed by atoms with Crippen molar-refractivity contribution < 1.29 is 0 Å². The quantitative estimate of drug-likeness (QED) is 0.635. The van der Waals surface area contributed by atoms with Crippen molar-refractivity contribution in [2.45, 2.75) is 6.92 Å². The normalized spacial score (nSPS) is 10.2. The van der Waals surface area contributed by atoms with E-state index in [1.807, 2.05) is 0 Å². The van der Waals surface area contributed by atoms with Crippen LogP contribution in [0.4, 0.5) is 0 Å². The SMILES string of the molecule is Cc1ccc(-c2ccc(C=C(Br)Br)s2)cc1. The lowest BCUT2D eigenvalue weighted by Gasteiger charge is -1.97. The molecule has 0 aliphatic carbocycles. The van der Waals surface area contributed by atoms with Crippen LogP contribution >= 0.6 is 43.2 Å². The number of thiophene rings is 1. The van der Waals surface area contributed by atoms with Crippen LogP contribution in [0.3, 0.4) is 0 Å². The largest absolute Gasteiger partial charge is 0.136 e. The van der Waals surface area contributed by atoms with E-state index in [1.54, 1.807) is 11.3 Å². The first kappa shape index (κ1) is 12.1. The van der Waals surface area contributed by atoms with Gasteiger partial charge in [-0.15, -0.1) is 11.3 Å². The zero-order valence-corrected chi connectivity index (χ0v) is 12.7. The summed E-state index contributed by atoms with van der Waals surface area (Å²) in [5, 5.41) is 0. The van der Waals surface area contributed by atoms with Crippen LogP contribution in [-0.2, 0) is 0 Å². The Kier molecular flexibility index (Phi) is 4.00. The van der Waals surface area contributed by atoms with Gasteiger partial charge in [-0.3, -0.25) is 0 Å². The van der Waals surface area contributed by atoms with Gasteiger partial charge in [0.2, 0.25) is 0 Å². The summed E-state index contributed by atoms with van der Waals surface area (Å²) in [5.41, 5.74) is 2.57. The molecule has 0 nitrogen and oxygen atoms in total. The maximum Gasteiger partial charge on any atom is 0.0618 e. The molecule has 0 saturated carbocycles. The highest BCUT2D eigenvalue weighted by molar-refractivity contribution is 9.28. The summed E-state index contributed by atoms with van der Waals surface area (Å²) in [5.74, 6) is 0. The minimum atomic E-state index is 0.970. The van der Waals surface area contributed by atoms with Gasteiger partial charge in [-0.1, -0.05) is 29.8 Å². The van der Waals surface area contributed by atoms with Gasteiger partial charge < -0.3 is 0 Å². The highest BCUT2D eigenvalue weighted by Crippen LogP contribution is 2.30. The van der Waals surface area contributed by atoms with Gasteiger partial charge in [-0.05, 0) is 62.6 Å². The first-order chi connectivity index (χ1) is 7.65. The average molecular weight is 358 g/mol. The third kappa shape index (κ3) is 3.06. The van der Waals surface area contributed by atoms with Gasteiger partial charge in [-0.2, -0.15) is 0 Å². The molecule has 0 bridgehead atoms. The van der Waals surface area contributed by atoms with Crippen LogP contribution in [0.25, 0.3) is 16.5 Å². The predicted molar refractivity (Wildman–Crippen MR) is 80.3 cm³/mol. The Balaban J connectivity index is 2.31. The summed E-state index contributed by atoms with van der Waals surface area (Å²) in [7, 11) is 0. The molecule has 0 aliphatic heterocycles. The molecule has 16 heavy (non-hydrogen) atoms. The van der Waals surface area contributed by atoms with Gasteiger partial charge >= 0.3 is 0 Å². The number of aryl methyl sites for hydroxylation is 1. The molecular weight excluding hydrogens is 348 g/mol. The van der Waals surface area contributed by atoms with Crippen molar-refractivity contribution >= 4 is 49.3 Å². The number of halogens is 2. The fourth-order valence-electron chi connectivity index (χ4n) is 1.41. The molecule has 0 atom stereocenters. The number of hydrogen-bond acceptors (Lipinski definition) is 1. The second kappa shape index (κ2) is 5.30. The fraction of sp³-hybridized carbons (Fsp3) is 0.0769. The van der Waals surface area contributed by atoms with E-state index >= 15 is 0 Å². The zero-order valence-electron chi connectivity index (χ0n) is 8.71. The number of benzene rings is 1. The van der Waals surface area contributed by atoms with Crippen molar-refractivity contribution in [1.29, 1.82) is 0 Å². The summed E-state index contributed by atoms with van der Waals surface area (Å²) in [4.78, 5) is 2.53. The van der Waals surface area contributed by atoms with E-state index in [0.29, 0.717) is 0 Å². The van der Waals surface area contributed by atoms with Gasteiger partial charge in [0.25, 0.3) is 0 Å². The monoisotopic (exact) mass is 356 g/mol. The van der Waals surface area contributed by atoms with Crippen molar-refractivity contribution in [3.05, 3.63) is 50.2 Å². The molecule has 0 unspecified atom stereocenters. The minimum absolute atomic E-state index is 0.970. The molecule has 82 valence electrons. The van der Waals surface area contributed by atoms with E-state index < -0.39 is 0 Å². The van der Waals surface area contributed by atoms with E-state index in [0.717, 1.165) is 3.39 Å². The molecule has 1 heterocycles. The molecule has 0 aliphatic rings. The number of hydrogen-bond donors (Lipinski definition) is 0. The van der Waals surface area contributed by atoms with Gasteiger partial charge in [0.1, 0.15) is 0 Å². The smallest absolute Gasteiger partial charge is 0.0618 e. The first-order valence-corrected chi connectivity index (χ1v) is 7.25. The Morgan fingerprint density at radius 2 is 1.75 bits per heavy atom. The highest BCUT2D eigenvalue weighted by atomic mass is 79.9. The average Bonchev–Trinajstić information content (AvgIpc) is 2.66. The standard InChI is InChI=1S/C13H10Br2S/c1-9-2-4-10(5-3-9)12-7-6-11(16-12)8-13(14)15/h2-8H,1H3. The topological polar surface area (TPSA) is 0 Å². The Morgan fingerprint density at radius 1 is 1.06 bits per heavy atom. The molecule has 0 saturated heterocycles. The van der Waals surface area contributed by atoms with Gasteiger partial charge in [0.15, 0.2) is 0 Å². The lowest BCUT2D eigenvalue weighted by atomic mass is 10.1. The maximum absolute atomic E-state index is 3.37. The molecular formula is C13H10Br2S. The van der Waals surface area contributed by atoms with Crippen molar-refractivity contribution in [2.24, 2.45) is 0 Å². The van der Waals surface area contributed by atoms with E-state index in [9.17, 15) is 0 Å². The third-order valence-electron chi connectivity index (χ3n) is 2.21. The lowest BCUT2D eigenvalue weighted by Crippen LogP contribution is -1.72. The molecule has 0 amide bonds. The predicted octanol–water partition coefficient (Wildman–Crippen LogP) is 5.81. The fourth-order valence-corrected chi connectivity index (χ4v) is 3.16. The molecule has 0 fully saturated rings. The molecule has 2 rings (SSSR count). The minimum Gasteiger partial charge on any atom is -0.136 e. The van der Waals surface area contributed by atoms with Gasteiger partial charge in [0.05, 0.1) is 3.39 Å². The van der Waals surface area contributed by atoms with Gasteiger partial charge in [0, 0.05) is 9.75 Å². The van der Waals surface area contributed by atoms with Crippen LogP contribution < -0.4 is 0 Å². The Bertz CT molecular complexity index is 505. The summed E-state index contributed by atoms with van der Waals surface area (Å²) in [6, 6.07) is 12.9. The maximum atomic E-state index is 3.37. The lowest BCUT2D eigenvalue weighted by molar-refractivity contribution is 1.48. The molecule has 1 aromatic heterocycles. The van der Waals surface area contributed by atoms with Crippen molar-refractivity contribution in [3.63, 3.8) is 0 Å².